The Morgan fingerprint density at radius 3 is 1.20 bits per heavy atom. The van der Waals surface area contributed by atoms with Gasteiger partial charge in [0.05, 0.1) is 0 Å². The molecule has 2 aliphatic carbocycles. The molecule has 0 nitrogen and oxygen atoms in total. The zero-order valence-corrected chi connectivity index (χ0v) is 14.2. The maximum atomic E-state index is 2.34. The van der Waals surface area contributed by atoms with Gasteiger partial charge in [-0.3, -0.25) is 0 Å². The van der Waals surface area contributed by atoms with Crippen molar-refractivity contribution in [3.05, 3.63) is 0 Å². The van der Waals surface area contributed by atoms with Crippen LogP contribution in [0.25, 0.3) is 0 Å². The van der Waals surface area contributed by atoms with Gasteiger partial charge in [-0.1, -0.05) is 78.1 Å². The average molecular weight is 279 g/mol. The summed E-state index contributed by atoms with van der Waals surface area (Å²) in [6, 6.07) is 0. The van der Waals surface area contributed by atoms with Gasteiger partial charge >= 0.3 is 0 Å². The Morgan fingerprint density at radius 1 is 0.550 bits per heavy atom. The number of rotatable bonds is 7. The standard InChI is InChI=1S/C20H38/c1-3-5-7-17-9-13-19(14-10-17)20-15-11-18(12-16-20)8-6-4-2/h17-20H,3-16H2,1-2H3/t17-,18?,19-,20?. The monoisotopic (exact) mass is 278 g/mol. The van der Waals surface area contributed by atoms with Crippen LogP contribution in [0.1, 0.15) is 104 Å². The third-order valence-corrected chi connectivity index (χ3v) is 6.38. The van der Waals surface area contributed by atoms with Crippen LogP contribution in [-0.4, -0.2) is 0 Å². The highest BCUT2D eigenvalue weighted by Gasteiger charge is 2.30. The summed E-state index contributed by atoms with van der Waals surface area (Å²) >= 11 is 0. The zero-order chi connectivity index (χ0) is 14.2. The van der Waals surface area contributed by atoms with E-state index in [0.29, 0.717) is 0 Å². The van der Waals surface area contributed by atoms with Crippen LogP contribution in [0.5, 0.6) is 0 Å². The topological polar surface area (TPSA) is 0 Å². The van der Waals surface area contributed by atoms with Gasteiger partial charge in [0.2, 0.25) is 0 Å². The van der Waals surface area contributed by atoms with Crippen molar-refractivity contribution in [3.8, 4) is 0 Å². The van der Waals surface area contributed by atoms with Crippen LogP contribution in [-0.2, 0) is 0 Å². The van der Waals surface area contributed by atoms with E-state index in [9.17, 15) is 0 Å². The smallest absolute Gasteiger partial charge is 0.0386 e. The van der Waals surface area contributed by atoms with Crippen LogP contribution in [0.2, 0.25) is 0 Å². The molecule has 0 aromatic heterocycles. The number of hydrogen-bond donors (Lipinski definition) is 0. The minimum atomic E-state index is 1.09. The van der Waals surface area contributed by atoms with Crippen molar-refractivity contribution in [3.63, 3.8) is 0 Å². The first kappa shape index (κ1) is 16.4. The van der Waals surface area contributed by atoms with E-state index in [2.05, 4.69) is 13.8 Å². The molecule has 20 heavy (non-hydrogen) atoms. The van der Waals surface area contributed by atoms with Crippen LogP contribution in [0.4, 0.5) is 0 Å². The van der Waals surface area contributed by atoms with Gasteiger partial charge in [0.25, 0.3) is 0 Å². The number of unbranched alkanes of at least 4 members (excludes halogenated alkanes) is 2. The highest BCUT2D eigenvalue weighted by Crippen LogP contribution is 2.43. The third-order valence-electron chi connectivity index (χ3n) is 6.38. The first-order valence-electron chi connectivity index (χ1n) is 9.83. The second-order valence-corrected chi connectivity index (χ2v) is 7.85. The van der Waals surface area contributed by atoms with Crippen LogP contribution in [0, 0.1) is 23.7 Å². The Hall–Kier alpha value is 0. The lowest BCUT2D eigenvalue weighted by atomic mass is 9.68. The Labute approximate surface area is 128 Å². The van der Waals surface area contributed by atoms with E-state index in [1.165, 1.54) is 38.5 Å². The normalized spacial score (nSPS) is 35.1. The molecule has 2 saturated carbocycles. The minimum absolute atomic E-state index is 1.09. The summed E-state index contributed by atoms with van der Waals surface area (Å²) in [6.07, 6.45) is 21.3. The third kappa shape index (κ3) is 5.08. The summed E-state index contributed by atoms with van der Waals surface area (Å²) in [4.78, 5) is 0. The molecule has 0 aliphatic heterocycles. The van der Waals surface area contributed by atoms with Crippen LogP contribution >= 0.6 is 0 Å². The van der Waals surface area contributed by atoms with Crippen LogP contribution in [0.3, 0.4) is 0 Å². The summed E-state index contributed by atoms with van der Waals surface area (Å²) in [5.41, 5.74) is 0. The fourth-order valence-electron chi connectivity index (χ4n) is 4.88. The van der Waals surface area contributed by atoms with Gasteiger partial charge in [-0.25, -0.2) is 0 Å². The van der Waals surface area contributed by atoms with Gasteiger partial charge in [0, 0.05) is 0 Å². The molecule has 0 spiro atoms. The first-order chi connectivity index (χ1) is 9.83. The predicted octanol–water partition coefficient (Wildman–Crippen LogP) is 6.98. The van der Waals surface area contributed by atoms with E-state index in [-0.39, 0.29) is 0 Å². The van der Waals surface area contributed by atoms with Gasteiger partial charge in [0.15, 0.2) is 0 Å². The van der Waals surface area contributed by atoms with Crippen molar-refractivity contribution in [2.24, 2.45) is 23.7 Å². The molecule has 118 valence electrons. The lowest BCUT2D eigenvalue weighted by molar-refractivity contribution is 0.140. The van der Waals surface area contributed by atoms with E-state index in [4.69, 9.17) is 0 Å². The van der Waals surface area contributed by atoms with Gasteiger partial charge in [-0.2, -0.15) is 0 Å². The molecule has 0 saturated heterocycles. The minimum Gasteiger partial charge on any atom is -0.0654 e. The molecule has 0 aromatic rings. The molecule has 0 aromatic carbocycles. The molecule has 0 radical (unpaired) electrons. The van der Waals surface area contributed by atoms with Crippen LogP contribution in [0.15, 0.2) is 0 Å². The van der Waals surface area contributed by atoms with E-state index >= 15 is 0 Å². The molecular formula is C20H38. The van der Waals surface area contributed by atoms with Crippen molar-refractivity contribution < 1.29 is 0 Å². The highest BCUT2D eigenvalue weighted by molar-refractivity contribution is 4.82. The molecule has 2 fully saturated rings. The molecule has 0 unspecified atom stereocenters. The summed E-state index contributed by atoms with van der Waals surface area (Å²) in [7, 11) is 0. The predicted molar refractivity (Wildman–Crippen MR) is 89.9 cm³/mol. The molecule has 0 bridgehead atoms. The first-order valence-corrected chi connectivity index (χ1v) is 9.83. The summed E-state index contributed by atoms with van der Waals surface area (Å²) in [5.74, 6) is 4.40. The Kier molecular flexibility index (Phi) is 7.45. The van der Waals surface area contributed by atoms with E-state index < -0.39 is 0 Å². The highest BCUT2D eigenvalue weighted by atomic mass is 14.4. The quantitative estimate of drug-likeness (QED) is 0.471. The maximum Gasteiger partial charge on any atom is -0.0386 e. The molecule has 0 amide bonds. The Morgan fingerprint density at radius 2 is 0.900 bits per heavy atom. The summed E-state index contributed by atoms with van der Waals surface area (Å²) in [5, 5.41) is 0. The summed E-state index contributed by atoms with van der Waals surface area (Å²) < 4.78 is 0. The second kappa shape index (κ2) is 9.11. The van der Waals surface area contributed by atoms with Crippen molar-refractivity contribution in [2.75, 3.05) is 0 Å². The van der Waals surface area contributed by atoms with Gasteiger partial charge in [0.1, 0.15) is 0 Å². The van der Waals surface area contributed by atoms with Crippen molar-refractivity contribution >= 4 is 0 Å². The zero-order valence-electron chi connectivity index (χ0n) is 14.2. The van der Waals surface area contributed by atoms with E-state index in [1.807, 2.05) is 0 Å². The van der Waals surface area contributed by atoms with E-state index in [1.54, 1.807) is 51.4 Å². The second-order valence-electron chi connectivity index (χ2n) is 7.85. The maximum absolute atomic E-state index is 2.34. The van der Waals surface area contributed by atoms with Crippen molar-refractivity contribution in [1.29, 1.82) is 0 Å². The number of hydrogen-bond acceptors (Lipinski definition) is 0. The van der Waals surface area contributed by atoms with Gasteiger partial charge < -0.3 is 0 Å². The fraction of sp³-hybridized carbons (Fsp3) is 1.00. The van der Waals surface area contributed by atoms with E-state index in [0.717, 1.165) is 23.7 Å². The molecule has 0 heterocycles. The molecule has 0 atom stereocenters. The van der Waals surface area contributed by atoms with Gasteiger partial charge in [-0.05, 0) is 49.4 Å². The fourth-order valence-corrected chi connectivity index (χ4v) is 4.88. The average Bonchev–Trinajstić information content (AvgIpc) is 2.52. The molecule has 0 N–H and O–H groups in total. The van der Waals surface area contributed by atoms with Gasteiger partial charge in [-0.15, -0.1) is 0 Å². The molecule has 2 aliphatic rings. The van der Waals surface area contributed by atoms with Crippen molar-refractivity contribution in [1.82, 2.24) is 0 Å². The van der Waals surface area contributed by atoms with Crippen molar-refractivity contribution in [2.45, 2.75) is 104 Å². The Balaban J connectivity index is 1.63. The Bertz CT molecular complexity index is 202. The lowest BCUT2D eigenvalue weighted by Crippen LogP contribution is -2.25. The molecule has 0 heteroatoms. The summed E-state index contributed by atoms with van der Waals surface area (Å²) in [6.45, 7) is 4.67. The van der Waals surface area contributed by atoms with Crippen LogP contribution < -0.4 is 0 Å². The lowest BCUT2D eigenvalue weighted by Gasteiger charge is -2.38. The molecular weight excluding hydrogens is 240 g/mol. The largest absolute Gasteiger partial charge is 0.0654 e. The SMILES string of the molecule is CCCCC1CCC([C@H]2CC[C@H](CCCC)CC2)CC1. The molecule has 2 rings (SSSR count).